The smallest absolute Gasteiger partial charge is 0.337 e. The predicted octanol–water partition coefficient (Wildman–Crippen LogP) is 2.68. The van der Waals surface area contributed by atoms with Crippen LogP contribution in [0.15, 0.2) is 48.5 Å². The van der Waals surface area contributed by atoms with Gasteiger partial charge in [0.15, 0.2) is 0 Å². The molecule has 0 saturated heterocycles. The molecule has 2 aromatic carbocycles. The molecule has 0 atom stereocenters. The summed E-state index contributed by atoms with van der Waals surface area (Å²) in [5.74, 6) is -1.06. The summed E-state index contributed by atoms with van der Waals surface area (Å²) in [6.45, 7) is 1.38. The highest BCUT2D eigenvalue weighted by Crippen LogP contribution is 2.18. The summed E-state index contributed by atoms with van der Waals surface area (Å²) in [6.07, 6.45) is 0. The summed E-state index contributed by atoms with van der Waals surface area (Å²) >= 11 is 0. The molecule has 0 saturated carbocycles. The quantitative estimate of drug-likeness (QED) is 0.850. The molecule has 2 aromatic rings. The minimum Gasteiger partial charge on any atom is -0.465 e. The lowest BCUT2D eigenvalue weighted by molar-refractivity contribution is -0.114. The summed E-state index contributed by atoms with van der Waals surface area (Å²) in [6, 6.07) is 13.0. The molecule has 0 fully saturated rings. The van der Waals surface area contributed by atoms with Crippen molar-refractivity contribution in [1.29, 1.82) is 0 Å². The van der Waals surface area contributed by atoms with Crippen molar-refractivity contribution in [2.24, 2.45) is 0 Å². The fourth-order valence-corrected chi connectivity index (χ4v) is 1.99. The van der Waals surface area contributed by atoms with Crippen molar-refractivity contribution < 1.29 is 19.1 Å². The van der Waals surface area contributed by atoms with Crippen LogP contribution in [0.5, 0.6) is 0 Å². The number of anilines is 2. The molecule has 0 aliphatic heterocycles. The predicted molar refractivity (Wildman–Crippen MR) is 86.5 cm³/mol. The third kappa shape index (κ3) is 4.16. The van der Waals surface area contributed by atoms with E-state index in [0.717, 1.165) is 0 Å². The van der Waals surface area contributed by atoms with Crippen LogP contribution >= 0.6 is 0 Å². The van der Waals surface area contributed by atoms with Gasteiger partial charge in [0, 0.05) is 12.6 Å². The number of para-hydroxylation sites is 1. The monoisotopic (exact) mass is 312 g/mol. The number of carbonyl (C=O) groups is 3. The zero-order chi connectivity index (χ0) is 16.8. The van der Waals surface area contributed by atoms with E-state index in [1.165, 1.54) is 14.0 Å². The first-order valence-electron chi connectivity index (χ1n) is 6.87. The third-order valence-electron chi connectivity index (χ3n) is 3.05. The Labute approximate surface area is 133 Å². The molecule has 2 N–H and O–H groups in total. The second-order valence-electron chi connectivity index (χ2n) is 4.75. The molecule has 0 radical (unpaired) electrons. The van der Waals surface area contributed by atoms with Gasteiger partial charge in [-0.15, -0.1) is 0 Å². The lowest BCUT2D eigenvalue weighted by Crippen LogP contribution is -2.16. The molecule has 6 heteroatoms. The second-order valence-corrected chi connectivity index (χ2v) is 4.75. The number of esters is 1. The number of amides is 2. The fourth-order valence-electron chi connectivity index (χ4n) is 1.99. The summed E-state index contributed by atoms with van der Waals surface area (Å²) < 4.78 is 4.61. The van der Waals surface area contributed by atoms with Gasteiger partial charge in [0.2, 0.25) is 5.91 Å². The van der Waals surface area contributed by atoms with Crippen molar-refractivity contribution in [2.45, 2.75) is 6.92 Å². The Morgan fingerprint density at radius 1 is 0.913 bits per heavy atom. The van der Waals surface area contributed by atoms with Gasteiger partial charge >= 0.3 is 5.97 Å². The lowest BCUT2D eigenvalue weighted by atomic mass is 10.1. The van der Waals surface area contributed by atoms with Crippen molar-refractivity contribution in [2.75, 3.05) is 17.7 Å². The molecule has 0 aliphatic rings. The van der Waals surface area contributed by atoms with Crippen LogP contribution in [0, 0.1) is 0 Å². The van der Waals surface area contributed by atoms with Gasteiger partial charge in [-0.25, -0.2) is 4.79 Å². The van der Waals surface area contributed by atoms with Crippen LogP contribution in [0.25, 0.3) is 0 Å². The van der Waals surface area contributed by atoms with Gasteiger partial charge in [-0.3, -0.25) is 9.59 Å². The summed E-state index contributed by atoms with van der Waals surface area (Å²) in [7, 11) is 1.30. The molecule has 118 valence electrons. The van der Waals surface area contributed by atoms with Crippen LogP contribution in [0.4, 0.5) is 11.4 Å². The number of nitrogens with one attached hydrogen (secondary N) is 2. The van der Waals surface area contributed by atoms with E-state index in [2.05, 4.69) is 15.4 Å². The fraction of sp³-hybridized carbons (Fsp3) is 0.118. The minimum absolute atomic E-state index is 0.257. The summed E-state index contributed by atoms with van der Waals surface area (Å²) in [4.78, 5) is 34.9. The number of ether oxygens (including phenoxy) is 1. The standard InChI is InChI=1S/C17H16N2O4/c1-11(20)18-15-6-4-3-5-14(15)16(21)19-13-9-7-12(8-10-13)17(22)23-2/h3-10H,1-2H3,(H,18,20)(H,19,21). The first-order chi connectivity index (χ1) is 11.0. The van der Waals surface area contributed by atoms with Crippen LogP contribution in [0.3, 0.4) is 0 Å². The zero-order valence-electron chi connectivity index (χ0n) is 12.8. The normalized spacial score (nSPS) is 9.83. The SMILES string of the molecule is COC(=O)c1ccc(NC(=O)c2ccccc2NC(C)=O)cc1. The maximum Gasteiger partial charge on any atom is 0.337 e. The van der Waals surface area contributed by atoms with Crippen LogP contribution in [-0.2, 0) is 9.53 Å². The number of methoxy groups -OCH3 is 1. The maximum atomic E-state index is 12.3. The topological polar surface area (TPSA) is 84.5 Å². The van der Waals surface area contributed by atoms with E-state index in [1.807, 2.05) is 0 Å². The summed E-state index contributed by atoms with van der Waals surface area (Å²) in [5.41, 5.74) is 1.70. The van der Waals surface area contributed by atoms with Crippen molar-refractivity contribution in [3.63, 3.8) is 0 Å². The van der Waals surface area contributed by atoms with Gasteiger partial charge in [0.25, 0.3) is 5.91 Å². The molecule has 0 spiro atoms. The van der Waals surface area contributed by atoms with E-state index in [1.54, 1.807) is 48.5 Å². The van der Waals surface area contributed by atoms with Gasteiger partial charge in [-0.05, 0) is 36.4 Å². The second kappa shape index (κ2) is 7.22. The van der Waals surface area contributed by atoms with Crippen LogP contribution in [-0.4, -0.2) is 24.9 Å². The Balaban J connectivity index is 2.16. The van der Waals surface area contributed by atoms with Crippen LogP contribution < -0.4 is 10.6 Å². The highest BCUT2D eigenvalue weighted by molar-refractivity contribution is 6.10. The average molecular weight is 312 g/mol. The number of rotatable bonds is 4. The van der Waals surface area contributed by atoms with Gasteiger partial charge in [0.1, 0.15) is 0 Å². The maximum absolute atomic E-state index is 12.3. The molecule has 2 rings (SSSR count). The van der Waals surface area contributed by atoms with Crippen molar-refractivity contribution in [3.05, 3.63) is 59.7 Å². The highest BCUT2D eigenvalue weighted by Gasteiger charge is 2.12. The highest BCUT2D eigenvalue weighted by atomic mass is 16.5. The molecule has 0 aromatic heterocycles. The largest absolute Gasteiger partial charge is 0.465 e. The number of benzene rings is 2. The Morgan fingerprint density at radius 2 is 1.57 bits per heavy atom. The van der Waals surface area contributed by atoms with E-state index >= 15 is 0 Å². The number of hydrogen-bond donors (Lipinski definition) is 2. The molecule has 0 bridgehead atoms. The number of carbonyl (C=O) groups excluding carboxylic acids is 3. The average Bonchev–Trinajstić information content (AvgIpc) is 2.54. The first-order valence-corrected chi connectivity index (χ1v) is 6.87. The molecular weight excluding hydrogens is 296 g/mol. The first kappa shape index (κ1) is 16.2. The number of hydrogen-bond acceptors (Lipinski definition) is 4. The van der Waals surface area contributed by atoms with E-state index in [-0.39, 0.29) is 11.8 Å². The van der Waals surface area contributed by atoms with Crippen molar-refractivity contribution in [1.82, 2.24) is 0 Å². The Hall–Kier alpha value is -3.15. The molecule has 2 amide bonds. The Bertz CT molecular complexity index is 739. The van der Waals surface area contributed by atoms with Gasteiger partial charge in [-0.2, -0.15) is 0 Å². The van der Waals surface area contributed by atoms with Crippen LogP contribution in [0.1, 0.15) is 27.6 Å². The van der Waals surface area contributed by atoms with Crippen molar-refractivity contribution >= 4 is 29.2 Å². The van der Waals surface area contributed by atoms with Gasteiger partial charge in [0.05, 0.1) is 23.9 Å². The zero-order valence-corrected chi connectivity index (χ0v) is 12.8. The Morgan fingerprint density at radius 3 is 2.17 bits per heavy atom. The van der Waals surface area contributed by atoms with Gasteiger partial charge < -0.3 is 15.4 Å². The lowest BCUT2D eigenvalue weighted by Gasteiger charge is -2.10. The summed E-state index contributed by atoms with van der Waals surface area (Å²) in [5, 5.41) is 5.32. The third-order valence-corrected chi connectivity index (χ3v) is 3.05. The van der Waals surface area contributed by atoms with E-state index in [9.17, 15) is 14.4 Å². The molecular formula is C17H16N2O4. The minimum atomic E-state index is -0.445. The molecule has 0 unspecified atom stereocenters. The molecule has 23 heavy (non-hydrogen) atoms. The van der Waals surface area contributed by atoms with Crippen LogP contribution in [0.2, 0.25) is 0 Å². The van der Waals surface area contributed by atoms with Gasteiger partial charge in [-0.1, -0.05) is 12.1 Å². The Kier molecular flexibility index (Phi) is 5.09. The van der Waals surface area contributed by atoms with E-state index < -0.39 is 5.97 Å². The van der Waals surface area contributed by atoms with E-state index in [0.29, 0.717) is 22.5 Å². The van der Waals surface area contributed by atoms with Crippen molar-refractivity contribution in [3.8, 4) is 0 Å². The van der Waals surface area contributed by atoms with E-state index in [4.69, 9.17) is 0 Å². The molecule has 6 nitrogen and oxygen atoms in total. The molecule has 0 heterocycles. The molecule has 0 aliphatic carbocycles.